The molecule has 0 spiro atoms. The van der Waals surface area contributed by atoms with Crippen molar-refractivity contribution < 1.29 is 41.8 Å². The van der Waals surface area contributed by atoms with Crippen LogP contribution in [0.4, 0.5) is 14.6 Å². The number of aliphatic hydroxyl groups is 1. The molecule has 3 rings (SSSR count). The quantitative estimate of drug-likeness (QED) is 0.289. The zero-order valence-electron chi connectivity index (χ0n) is 21.4. The number of hydrogen-bond acceptors (Lipinski definition) is 10. The average molecular weight is 560 g/mol. The van der Waals surface area contributed by atoms with Crippen LogP contribution >= 0.6 is 7.75 Å². The molecule has 1 aromatic carbocycles. The van der Waals surface area contributed by atoms with Gasteiger partial charge in [0.15, 0.2) is 23.5 Å². The number of para-hydroxylation sites is 1. The van der Waals surface area contributed by atoms with E-state index in [4.69, 9.17) is 24.3 Å². The fourth-order valence-corrected chi connectivity index (χ4v) is 5.45. The first kappa shape index (κ1) is 29.7. The number of ether oxygens (including phenoxy) is 2. The first-order valence-electron chi connectivity index (χ1n) is 11.7. The van der Waals surface area contributed by atoms with Gasteiger partial charge in [0.25, 0.3) is 0 Å². The van der Waals surface area contributed by atoms with Gasteiger partial charge in [0, 0.05) is 0 Å². The van der Waals surface area contributed by atoms with E-state index in [1.54, 1.807) is 32.0 Å². The molecule has 0 aliphatic carbocycles. The first-order chi connectivity index (χ1) is 17.6. The standard InChI is InChI=1S/C23H31F2N4O8P/c1-12(2)34-20(31)13(3)28-38(33,37-15-9-7-6-8-10-15)36-14(4)17-18(30)23(5,25)21(35-17)29-11-16(24)19(26)27-22(29)32/h6-14,17-18,21,30H,1-5H3,(H,28,33)(H2,26,27,32)/t13-,14-,17+,18?,21+,23+,38?/m0/s1. The maximum Gasteiger partial charge on any atom is 0.459 e. The summed E-state index contributed by atoms with van der Waals surface area (Å²) < 4.78 is 65.9. The number of aliphatic hydroxyl groups excluding tert-OH is 1. The Balaban J connectivity index is 1.88. The Labute approximate surface area is 217 Å². The second-order valence-electron chi connectivity index (χ2n) is 9.26. The molecule has 2 aromatic rings. The van der Waals surface area contributed by atoms with Gasteiger partial charge in [-0.15, -0.1) is 0 Å². The lowest BCUT2D eigenvalue weighted by Crippen LogP contribution is -2.45. The van der Waals surface area contributed by atoms with Gasteiger partial charge in [0.2, 0.25) is 0 Å². The van der Waals surface area contributed by atoms with Gasteiger partial charge in [-0.3, -0.25) is 13.9 Å². The predicted molar refractivity (Wildman–Crippen MR) is 131 cm³/mol. The van der Waals surface area contributed by atoms with Crippen molar-refractivity contribution in [3.05, 3.63) is 52.8 Å². The Bertz CT molecular complexity index is 1250. The van der Waals surface area contributed by atoms with Gasteiger partial charge in [-0.25, -0.2) is 18.1 Å². The summed E-state index contributed by atoms with van der Waals surface area (Å²) in [4.78, 5) is 27.9. The number of alkyl halides is 1. The number of nitrogens with two attached hydrogens (primary N) is 1. The molecule has 2 heterocycles. The van der Waals surface area contributed by atoms with E-state index in [1.165, 1.54) is 26.0 Å². The number of halogens is 2. The van der Waals surface area contributed by atoms with E-state index in [0.29, 0.717) is 10.8 Å². The molecule has 12 nitrogen and oxygen atoms in total. The van der Waals surface area contributed by atoms with Gasteiger partial charge in [-0.05, 0) is 46.8 Å². The fraction of sp³-hybridized carbons (Fsp3) is 0.522. The van der Waals surface area contributed by atoms with Crippen LogP contribution in [0.15, 0.2) is 41.3 Å². The number of nitrogens with zero attached hydrogens (tertiary/aromatic N) is 2. The number of carbonyl (C=O) groups excluding carboxylic acids is 1. The smallest absolute Gasteiger partial charge is 0.459 e. The molecule has 38 heavy (non-hydrogen) atoms. The van der Waals surface area contributed by atoms with Crippen LogP contribution in [-0.2, 0) is 23.4 Å². The number of aromatic nitrogens is 2. The first-order valence-corrected chi connectivity index (χ1v) is 13.3. The molecule has 210 valence electrons. The maximum atomic E-state index is 15.6. The van der Waals surface area contributed by atoms with E-state index in [1.807, 2.05) is 0 Å². The molecule has 4 N–H and O–H groups in total. The summed E-state index contributed by atoms with van der Waals surface area (Å²) >= 11 is 0. The topological polar surface area (TPSA) is 164 Å². The van der Waals surface area contributed by atoms with Crippen LogP contribution in [0.5, 0.6) is 5.75 Å². The summed E-state index contributed by atoms with van der Waals surface area (Å²) in [6.45, 7) is 6.92. The minimum atomic E-state index is -4.41. The number of nitrogen functional groups attached to an aromatic ring is 1. The van der Waals surface area contributed by atoms with Gasteiger partial charge in [-0.1, -0.05) is 18.2 Å². The number of rotatable bonds is 10. The van der Waals surface area contributed by atoms with Gasteiger partial charge in [0.1, 0.15) is 24.0 Å². The number of nitrogens with one attached hydrogen (secondary N) is 1. The minimum Gasteiger partial charge on any atom is -0.462 e. The Morgan fingerprint density at radius 2 is 1.92 bits per heavy atom. The molecule has 15 heteroatoms. The summed E-state index contributed by atoms with van der Waals surface area (Å²) in [7, 11) is -4.41. The lowest BCUT2D eigenvalue weighted by Gasteiger charge is -2.29. The van der Waals surface area contributed by atoms with Crippen LogP contribution in [0, 0.1) is 5.82 Å². The molecule has 7 atom stereocenters. The zero-order chi connectivity index (χ0) is 28.4. The second-order valence-corrected chi connectivity index (χ2v) is 10.9. The highest BCUT2D eigenvalue weighted by molar-refractivity contribution is 7.52. The van der Waals surface area contributed by atoms with Crippen molar-refractivity contribution in [2.75, 3.05) is 5.73 Å². The van der Waals surface area contributed by atoms with Gasteiger partial charge in [-0.2, -0.15) is 10.1 Å². The van der Waals surface area contributed by atoms with Gasteiger partial charge >= 0.3 is 19.4 Å². The van der Waals surface area contributed by atoms with E-state index in [9.17, 15) is 23.7 Å². The lowest BCUT2D eigenvalue weighted by molar-refractivity contribution is -0.149. The van der Waals surface area contributed by atoms with Crippen LogP contribution in [0.3, 0.4) is 0 Å². The number of anilines is 1. The van der Waals surface area contributed by atoms with E-state index in [-0.39, 0.29) is 5.75 Å². The molecule has 1 aliphatic rings. The van der Waals surface area contributed by atoms with Crippen molar-refractivity contribution >= 4 is 19.5 Å². The Morgan fingerprint density at radius 1 is 1.29 bits per heavy atom. The summed E-state index contributed by atoms with van der Waals surface area (Å²) in [6, 6.07) is 6.74. The van der Waals surface area contributed by atoms with E-state index < -0.39 is 73.4 Å². The highest BCUT2D eigenvalue weighted by Gasteiger charge is 2.58. The van der Waals surface area contributed by atoms with Crippen LogP contribution in [0.1, 0.15) is 40.8 Å². The molecule has 0 amide bonds. The largest absolute Gasteiger partial charge is 0.462 e. The molecule has 1 fully saturated rings. The second kappa shape index (κ2) is 11.5. The van der Waals surface area contributed by atoms with E-state index in [2.05, 4.69) is 10.1 Å². The fourth-order valence-electron chi connectivity index (χ4n) is 3.76. The summed E-state index contributed by atoms with van der Waals surface area (Å²) in [5.41, 5.74) is 1.54. The minimum absolute atomic E-state index is 0.121. The molecular weight excluding hydrogens is 529 g/mol. The number of esters is 1. The molecule has 1 aromatic heterocycles. The van der Waals surface area contributed by atoms with Crippen LogP contribution in [0.25, 0.3) is 0 Å². The van der Waals surface area contributed by atoms with Crippen molar-refractivity contribution in [2.24, 2.45) is 0 Å². The van der Waals surface area contributed by atoms with Crippen molar-refractivity contribution in [2.45, 2.75) is 77.0 Å². The van der Waals surface area contributed by atoms with Crippen LogP contribution in [-0.4, -0.2) is 56.8 Å². The van der Waals surface area contributed by atoms with E-state index >= 15 is 4.39 Å². The average Bonchev–Trinajstić information content (AvgIpc) is 3.05. The molecule has 0 bridgehead atoms. The zero-order valence-corrected chi connectivity index (χ0v) is 22.3. The summed E-state index contributed by atoms with van der Waals surface area (Å²) in [5.74, 6) is -2.40. The molecular formula is C23H31F2N4O8P. The lowest BCUT2D eigenvalue weighted by atomic mass is 9.96. The van der Waals surface area contributed by atoms with Crippen molar-refractivity contribution in [3.8, 4) is 5.75 Å². The SMILES string of the molecule is CC(C)OC(=O)[C@H](C)NP(=O)(Oc1ccccc1)O[C@@H](C)[C@H]1O[C@@H](n2cc(F)c(N)nc2=O)[C@](C)(F)C1O. The monoisotopic (exact) mass is 560 g/mol. The normalized spacial score (nSPS) is 26.5. The molecule has 1 aliphatic heterocycles. The van der Waals surface area contributed by atoms with Crippen LogP contribution < -0.4 is 21.0 Å². The molecule has 2 unspecified atom stereocenters. The number of hydrogen-bond donors (Lipinski definition) is 3. The van der Waals surface area contributed by atoms with E-state index in [0.717, 1.165) is 6.92 Å². The third-order valence-corrected chi connectivity index (χ3v) is 7.40. The highest BCUT2D eigenvalue weighted by Crippen LogP contribution is 2.49. The Hall–Kier alpha value is -2.90. The predicted octanol–water partition coefficient (Wildman–Crippen LogP) is 2.47. The van der Waals surface area contributed by atoms with Gasteiger partial charge in [0.05, 0.1) is 18.4 Å². The Kier molecular flexibility index (Phi) is 8.94. The highest BCUT2D eigenvalue weighted by atomic mass is 31.2. The third kappa shape index (κ3) is 6.56. The van der Waals surface area contributed by atoms with Gasteiger partial charge < -0.3 is 24.8 Å². The molecule has 0 radical (unpaired) electrons. The third-order valence-electron chi connectivity index (χ3n) is 5.64. The van der Waals surface area contributed by atoms with Crippen LogP contribution in [0.2, 0.25) is 0 Å². The number of benzene rings is 1. The molecule has 1 saturated heterocycles. The summed E-state index contributed by atoms with van der Waals surface area (Å²) in [5, 5.41) is 13.2. The Morgan fingerprint density at radius 3 is 2.53 bits per heavy atom. The van der Waals surface area contributed by atoms with Crippen molar-refractivity contribution in [3.63, 3.8) is 0 Å². The summed E-state index contributed by atoms with van der Waals surface area (Å²) in [6.07, 6.45) is -6.45. The van der Waals surface area contributed by atoms with Crippen molar-refractivity contribution in [1.29, 1.82) is 0 Å². The maximum absolute atomic E-state index is 15.6. The number of carbonyl (C=O) groups is 1. The molecule has 0 saturated carbocycles. The van der Waals surface area contributed by atoms with Crippen molar-refractivity contribution in [1.82, 2.24) is 14.6 Å².